The van der Waals surface area contributed by atoms with Gasteiger partial charge < -0.3 is 5.11 Å². The topological polar surface area (TPSA) is 37.3 Å². The molecule has 1 aromatic rings. The monoisotopic (exact) mass is 250 g/mol. The molecule has 0 amide bonds. The summed E-state index contributed by atoms with van der Waals surface area (Å²) in [5, 5.41) is 8.92. The van der Waals surface area contributed by atoms with Crippen molar-refractivity contribution in [1.29, 1.82) is 0 Å². The standard InChI is InChI=1S/C11H10F4O2/c1-10(9(16)17,6-11(13,14)15)7-2-4-8(12)5-3-7/h2-5H,6H2,1H3,(H,16,17). The molecule has 0 fully saturated rings. The van der Waals surface area contributed by atoms with Crippen molar-refractivity contribution in [3.63, 3.8) is 0 Å². The molecule has 6 heteroatoms. The molecule has 0 aliphatic rings. The number of aliphatic carboxylic acids is 1. The van der Waals surface area contributed by atoms with E-state index in [-0.39, 0.29) is 5.56 Å². The Morgan fingerprint density at radius 2 is 1.71 bits per heavy atom. The second-order valence-electron chi connectivity index (χ2n) is 3.94. The van der Waals surface area contributed by atoms with Crippen molar-refractivity contribution < 1.29 is 27.5 Å². The molecule has 0 bridgehead atoms. The van der Waals surface area contributed by atoms with Gasteiger partial charge in [0.15, 0.2) is 0 Å². The molecule has 94 valence electrons. The summed E-state index contributed by atoms with van der Waals surface area (Å²) in [7, 11) is 0. The number of alkyl halides is 3. The lowest BCUT2D eigenvalue weighted by Gasteiger charge is -2.26. The Bertz CT molecular complexity index is 410. The van der Waals surface area contributed by atoms with Gasteiger partial charge in [-0.15, -0.1) is 0 Å². The van der Waals surface area contributed by atoms with Crippen molar-refractivity contribution in [2.45, 2.75) is 24.9 Å². The van der Waals surface area contributed by atoms with Crippen molar-refractivity contribution in [3.8, 4) is 0 Å². The van der Waals surface area contributed by atoms with Gasteiger partial charge in [-0.1, -0.05) is 12.1 Å². The van der Waals surface area contributed by atoms with E-state index >= 15 is 0 Å². The average molecular weight is 250 g/mol. The quantitative estimate of drug-likeness (QED) is 0.837. The summed E-state index contributed by atoms with van der Waals surface area (Å²) >= 11 is 0. The highest BCUT2D eigenvalue weighted by molar-refractivity contribution is 5.80. The summed E-state index contributed by atoms with van der Waals surface area (Å²) in [5.74, 6) is -2.23. The third kappa shape index (κ3) is 3.18. The van der Waals surface area contributed by atoms with Crippen LogP contribution in [-0.4, -0.2) is 17.3 Å². The largest absolute Gasteiger partial charge is 0.481 e. The van der Waals surface area contributed by atoms with Gasteiger partial charge >= 0.3 is 12.1 Å². The van der Waals surface area contributed by atoms with E-state index in [4.69, 9.17) is 5.11 Å². The Hall–Kier alpha value is -1.59. The van der Waals surface area contributed by atoms with Gasteiger partial charge in [-0.2, -0.15) is 13.2 Å². The van der Waals surface area contributed by atoms with Gasteiger partial charge in [0, 0.05) is 0 Å². The van der Waals surface area contributed by atoms with Crippen LogP contribution >= 0.6 is 0 Å². The predicted molar refractivity (Wildman–Crippen MR) is 52.1 cm³/mol. The molecule has 0 aliphatic carbocycles. The fourth-order valence-corrected chi connectivity index (χ4v) is 1.52. The van der Waals surface area contributed by atoms with Gasteiger partial charge in [-0.3, -0.25) is 4.79 Å². The minimum atomic E-state index is -4.61. The Morgan fingerprint density at radius 1 is 1.24 bits per heavy atom. The van der Waals surface area contributed by atoms with Crippen LogP contribution in [-0.2, 0) is 10.2 Å². The molecule has 1 N–H and O–H groups in total. The molecular formula is C11H10F4O2. The number of hydrogen-bond acceptors (Lipinski definition) is 1. The fourth-order valence-electron chi connectivity index (χ4n) is 1.52. The molecule has 0 saturated heterocycles. The summed E-state index contributed by atoms with van der Waals surface area (Å²) in [5.41, 5.74) is -2.19. The van der Waals surface area contributed by atoms with Crippen LogP contribution in [0, 0.1) is 5.82 Å². The summed E-state index contributed by atoms with van der Waals surface area (Å²) in [4.78, 5) is 11.0. The van der Waals surface area contributed by atoms with E-state index in [1.807, 2.05) is 0 Å². The third-order valence-corrected chi connectivity index (χ3v) is 2.51. The van der Waals surface area contributed by atoms with Crippen LogP contribution in [0.1, 0.15) is 18.9 Å². The molecule has 0 aromatic heterocycles. The van der Waals surface area contributed by atoms with Crippen LogP contribution < -0.4 is 0 Å². The highest BCUT2D eigenvalue weighted by Crippen LogP contribution is 2.36. The lowest BCUT2D eigenvalue weighted by atomic mass is 9.79. The molecule has 1 aromatic carbocycles. The van der Waals surface area contributed by atoms with E-state index in [9.17, 15) is 22.4 Å². The SMILES string of the molecule is CC(CC(F)(F)F)(C(=O)O)c1ccc(F)cc1. The first-order chi connectivity index (χ1) is 7.65. The van der Waals surface area contributed by atoms with E-state index in [1.54, 1.807) is 0 Å². The Morgan fingerprint density at radius 3 is 2.06 bits per heavy atom. The molecular weight excluding hydrogens is 240 g/mol. The second kappa shape index (κ2) is 4.35. The highest BCUT2D eigenvalue weighted by atomic mass is 19.4. The van der Waals surface area contributed by atoms with Gasteiger partial charge in [0.05, 0.1) is 11.8 Å². The maximum atomic E-state index is 12.6. The average Bonchev–Trinajstić information content (AvgIpc) is 2.15. The third-order valence-electron chi connectivity index (χ3n) is 2.51. The second-order valence-corrected chi connectivity index (χ2v) is 3.94. The number of hydrogen-bond donors (Lipinski definition) is 1. The van der Waals surface area contributed by atoms with Crippen LogP contribution in [0.2, 0.25) is 0 Å². The number of benzene rings is 1. The van der Waals surface area contributed by atoms with Gasteiger partial charge in [-0.25, -0.2) is 4.39 Å². The summed E-state index contributed by atoms with van der Waals surface area (Å²) in [6.45, 7) is 0.968. The minimum Gasteiger partial charge on any atom is -0.481 e. The van der Waals surface area contributed by atoms with Crippen LogP contribution in [0.25, 0.3) is 0 Å². The number of rotatable bonds is 3. The predicted octanol–water partition coefficient (Wildman–Crippen LogP) is 3.12. The van der Waals surface area contributed by atoms with Crippen molar-refractivity contribution in [1.82, 2.24) is 0 Å². The minimum absolute atomic E-state index is 0.0799. The first-order valence-electron chi connectivity index (χ1n) is 4.71. The zero-order valence-corrected chi connectivity index (χ0v) is 8.88. The lowest BCUT2D eigenvalue weighted by Crippen LogP contribution is -2.37. The van der Waals surface area contributed by atoms with Crippen LogP contribution in [0.4, 0.5) is 17.6 Å². The first kappa shape index (κ1) is 13.5. The first-order valence-corrected chi connectivity index (χ1v) is 4.71. The van der Waals surface area contributed by atoms with E-state index in [0.717, 1.165) is 31.2 Å². The number of carboxylic acids is 1. The van der Waals surface area contributed by atoms with Crippen molar-refractivity contribution in [2.75, 3.05) is 0 Å². The maximum Gasteiger partial charge on any atom is 0.390 e. The van der Waals surface area contributed by atoms with Crippen LogP contribution in [0.15, 0.2) is 24.3 Å². The zero-order chi connectivity index (χ0) is 13.3. The van der Waals surface area contributed by atoms with E-state index in [0.29, 0.717) is 0 Å². The molecule has 1 unspecified atom stereocenters. The molecule has 0 spiro atoms. The van der Waals surface area contributed by atoms with E-state index in [1.165, 1.54) is 0 Å². The van der Waals surface area contributed by atoms with Crippen molar-refractivity contribution >= 4 is 5.97 Å². The molecule has 1 atom stereocenters. The van der Waals surface area contributed by atoms with Crippen LogP contribution in [0.3, 0.4) is 0 Å². The fraction of sp³-hybridized carbons (Fsp3) is 0.364. The number of halogens is 4. The molecule has 1 rings (SSSR count). The van der Waals surface area contributed by atoms with Crippen molar-refractivity contribution in [3.05, 3.63) is 35.6 Å². The normalized spacial score (nSPS) is 15.4. The smallest absolute Gasteiger partial charge is 0.390 e. The molecule has 0 saturated carbocycles. The van der Waals surface area contributed by atoms with Gasteiger partial charge in [-0.05, 0) is 24.6 Å². The Balaban J connectivity index is 3.16. The molecule has 0 heterocycles. The van der Waals surface area contributed by atoms with Gasteiger partial charge in [0.25, 0.3) is 0 Å². The Kier molecular flexibility index (Phi) is 3.45. The Labute approximate surface area is 94.9 Å². The van der Waals surface area contributed by atoms with E-state index in [2.05, 4.69) is 0 Å². The molecule has 17 heavy (non-hydrogen) atoms. The number of carboxylic acid groups (broad SMARTS) is 1. The maximum absolute atomic E-state index is 12.6. The highest BCUT2D eigenvalue weighted by Gasteiger charge is 2.45. The summed E-state index contributed by atoms with van der Waals surface area (Å²) in [6.07, 6.45) is -6.11. The summed E-state index contributed by atoms with van der Waals surface area (Å²) in [6, 6.07) is 3.98. The molecule has 0 aliphatic heterocycles. The lowest BCUT2D eigenvalue weighted by molar-refractivity contribution is -0.166. The van der Waals surface area contributed by atoms with Crippen molar-refractivity contribution in [2.24, 2.45) is 0 Å². The summed E-state index contributed by atoms with van der Waals surface area (Å²) < 4.78 is 49.7. The number of carbonyl (C=O) groups is 1. The van der Waals surface area contributed by atoms with Gasteiger partial charge in [0.1, 0.15) is 5.82 Å². The van der Waals surface area contributed by atoms with Gasteiger partial charge in [0.2, 0.25) is 0 Å². The van der Waals surface area contributed by atoms with E-state index < -0.39 is 29.8 Å². The molecule has 2 nitrogen and oxygen atoms in total. The molecule has 0 radical (unpaired) electrons. The van der Waals surface area contributed by atoms with Crippen LogP contribution in [0.5, 0.6) is 0 Å². The zero-order valence-electron chi connectivity index (χ0n) is 8.88.